The summed E-state index contributed by atoms with van der Waals surface area (Å²) in [5, 5.41) is 9.10. The SMILES string of the molecule is CCOC(=O)Nc1cccc(N[C@@H](C)C(=O)Nc2ccccc2Cl)c1C. The maximum atomic E-state index is 12.4. The lowest BCUT2D eigenvalue weighted by atomic mass is 10.1. The Kier molecular flexibility index (Phi) is 6.86. The average Bonchev–Trinajstić information content (AvgIpc) is 2.60. The fourth-order valence-electron chi connectivity index (χ4n) is 2.31. The van der Waals surface area contributed by atoms with Crippen molar-refractivity contribution in [2.45, 2.75) is 26.8 Å². The molecule has 0 aliphatic carbocycles. The van der Waals surface area contributed by atoms with Crippen LogP contribution in [0.4, 0.5) is 21.9 Å². The molecule has 6 nitrogen and oxygen atoms in total. The molecule has 2 aromatic carbocycles. The summed E-state index contributed by atoms with van der Waals surface area (Å²) in [5.74, 6) is -0.221. The summed E-state index contributed by atoms with van der Waals surface area (Å²) >= 11 is 6.07. The van der Waals surface area contributed by atoms with Crippen molar-refractivity contribution in [1.29, 1.82) is 0 Å². The van der Waals surface area contributed by atoms with Gasteiger partial charge in [0.25, 0.3) is 0 Å². The fraction of sp³-hybridized carbons (Fsp3) is 0.263. The third kappa shape index (κ3) is 5.13. The van der Waals surface area contributed by atoms with E-state index in [1.54, 1.807) is 50.2 Å². The number of carbonyl (C=O) groups excluding carboxylic acids is 2. The number of hydrogen-bond donors (Lipinski definition) is 3. The van der Waals surface area contributed by atoms with Gasteiger partial charge in [0.1, 0.15) is 6.04 Å². The van der Waals surface area contributed by atoms with Crippen molar-refractivity contribution < 1.29 is 14.3 Å². The van der Waals surface area contributed by atoms with Gasteiger partial charge in [0, 0.05) is 11.4 Å². The smallest absolute Gasteiger partial charge is 0.411 e. The lowest BCUT2D eigenvalue weighted by molar-refractivity contribution is -0.116. The summed E-state index contributed by atoms with van der Waals surface area (Å²) in [6.45, 7) is 5.63. The average molecular weight is 376 g/mol. The van der Waals surface area contributed by atoms with Crippen LogP contribution in [0.25, 0.3) is 0 Å². The quantitative estimate of drug-likeness (QED) is 0.686. The third-order valence-electron chi connectivity index (χ3n) is 3.74. The van der Waals surface area contributed by atoms with Crippen molar-refractivity contribution in [3.63, 3.8) is 0 Å². The highest BCUT2D eigenvalue weighted by Crippen LogP contribution is 2.25. The molecule has 3 N–H and O–H groups in total. The summed E-state index contributed by atoms with van der Waals surface area (Å²) in [6, 6.07) is 11.9. The second kappa shape index (κ2) is 9.10. The second-order valence-corrected chi connectivity index (χ2v) is 6.07. The number of halogens is 1. The number of carbonyl (C=O) groups is 2. The number of para-hydroxylation sites is 1. The van der Waals surface area contributed by atoms with Gasteiger partial charge in [0.05, 0.1) is 17.3 Å². The molecule has 0 radical (unpaired) electrons. The van der Waals surface area contributed by atoms with Crippen molar-refractivity contribution >= 4 is 40.7 Å². The van der Waals surface area contributed by atoms with Crippen LogP contribution in [-0.2, 0) is 9.53 Å². The standard InChI is InChI=1S/C19H22ClN3O3/c1-4-26-19(25)23-16-11-7-10-15(12(16)2)21-13(3)18(24)22-17-9-6-5-8-14(17)20/h5-11,13,21H,4H2,1-3H3,(H,22,24)(H,23,25)/t13-/m0/s1. The molecule has 7 heteroatoms. The molecule has 0 saturated carbocycles. The Labute approximate surface area is 157 Å². The Morgan fingerprint density at radius 3 is 2.38 bits per heavy atom. The molecule has 2 aromatic rings. The van der Waals surface area contributed by atoms with Crippen LogP contribution >= 0.6 is 11.6 Å². The van der Waals surface area contributed by atoms with E-state index in [1.165, 1.54) is 0 Å². The predicted molar refractivity (Wildman–Crippen MR) is 105 cm³/mol. The Bertz CT molecular complexity index is 795. The van der Waals surface area contributed by atoms with Crippen LogP contribution in [0.5, 0.6) is 0 Å². The van der Waals surface area contributed by atoms with E-state index in [4.69, 9.17) is 16.3 Å². The predicted octanol–water partition coefficient (Wildman–Crippen LogP) is 4.66. The van der Waals surface area contributed by atoms with Gasteiger partial charge in [0.15, 0.2) is 0 Å². The topological polar surface area (TPSA) is 79.5 Å². The zero-order valence-electron chi connectivity index (χ0n) is 14.9. The van der Waals surface area contributed by atoms with E-state index in [0.717, 1.165) is 11.3 Å². The van der Waals surface area contributed by atoms with Gasteiger partial charge in [-0.25, -0.2) is 4.79 Å². The minimum atomic E-state index is -0.516. The van der Waals surface area contributed by atoms with Gasteiger partial charge in [-0.2, -0.15) is 0 Å². The van der Waals surface area contributed by atoms with Crippen LogP contribution in [0.2, 0.25) is 5.02 Å². The van der Waals surface area contributed by atoms with E-state index in [9.17, 15) is 9.59 Å². The van der Waals surface area contributed by atoms with Crippen LogP contribution < -0.4 is 16.0 Å². The maximum Gasteiger partial charge on any atom is 0.411 e. The fourth-order valence-corrected chi connectivity index (χ4v) is 2.49. The number of amides is 2. The number of hydrogen-bond acceptors (Lipinski definition) is 4. The molecule has 0 spiro atoms. The van der Waals surface area contributed by atoms with Gasteiger partial charge < -0.3 is 15.4 Å². The van der Waals surface area contributed by atoms with Crippen molar-refractivity contribution in [2.24, 2.45) is 0 Å². The number of benzene rings is 2. The molecule has 1 atom stereocenters. The normalized spacial score (nSPS) is 11.4. The molecular weight excluding hydrogens is 354 g/mol. The van der Waals surface area contributed by atoms with Gasteiger partial charge in [-0.15, -0.1) is 0 Å². The highest BCUT2D eigenvalue weighted by atomic mass is 35.5. The monoisotopic (exact) mass is 375 g/mol. The molecule has 2 rings (SSSR count). The Balaban J connectivity index is 2.06. The van der Waals surface area contributed by atoms with Crippen LogP contribution in [0, 0.1) is 6.92 Å². The lowest BCUT2D eigenvalue weighted by Gasteiger charge is -2.19. The van der Waals surface area contributed by atoms with E-state index in [1.807, 2.05) is 13.0 Å². The first-order chi connectivity index (χ1) is 12.4. The maximum absolute atomic E-state index is 12.4. The van der Waals surface area contributed by atoms with Crippen molar-refractivity contribution in [3.8, 4) is 0 Å². The molecule has 0 bridgehead atoms. The molecule has 0 aromatic heterocycles. The minimum absolute atomic E-state index is 0.221. The molecule has 26 heavy (non-hydrogen) atoms. The molecule has 0 aliphatic rings. The highest BCUT2D eigenvalue weighted by molar-refractivity contribution is 6.33. The Hall–Kier alpha value is -2.73. The summed E-state index contributed by atoms with van der Waals surface area (Å²) in [7, 11) is 0. The van der Waals surface area contributed by atoms with Crippen LogP contribution in [0.3, 0.4) is 0 Å². The number of ether oxygens (including phenoxy) is 1. The minimum Gasteiger partial charge on any atom is -0.450 e. The van der Waals surface area contributed by atoms with Crippen molar-refractivity contribution in [2.75, 3.05) is 22.6 Å². The lowest BCUT2D eigenvalue weighted by Crippen LogP contribution is -2.32. The van der Waals surface area contributed by atoms with Crippen molar-refractivity contribution in [1.82, 2.24) is 0 Å². The summed E-state index contributed by atoms with van der Waals surface area (Å²) in [6.07, 6.45) is -0.516. The molecule has 0 saturated heterocycles. The van der Waals surface area contributed by atoms with Crippen LogP contribution in [0.15, 0.2) is 42.5 Å². The van der Waals surface area contributed by atoms with E-state index < -0.39 is 12.1 Å². The molecule has 138 valence electrons. The molecular formula is C19H22ClN3O3. The van der Waals surface area contributed by atoms with Gasteiger partial charge in [-0.3, -0.25) is 10.1 Å². The van der Waals surface area contributed by atoms with Gasteiger partial charge in [0.2, 0.25) is 5.91 Å². The van der Waals surface area contributed by atoms with Crippen LogP contribution in [-0.4, -0.2) is 24.6 Å². The largest absolute Gasteiger partial charge is 0.450 e. The zero-order valence-corrected chi connectivity index (χ0v) is 15.7. The van der Waals surface area contributed by atoms with Gasteiger partial charge >= 0.3 is 6.09 Å². The summed E-state index contributed by atoms with van der Waals surface area (Å²) in [4.78, 5) is 24.0. The number of rotatable bonds is 6. The first-order valence-corrected chi connectivity index (χ1v) is 8.65. The zero-order chi connectivity index (χ0) is 19.1. The van der Waals surface area contributed by atoms with E-state index in [-0.39, 0.29) is 5.91 Å². The number of nitrogens with one attached hydrogen (secondary N) is 3. The molecule has 0 fully saturated rings. The Morgan fingerprint density at radius 2 is 1.69 bits per heavy atom. The van der Waals surface area contributed by atoms with E-state index in [2.05, 4.69) is 16.0 Å². The molecule has 0 aliphatic heterocycles. The van der Waals surface area contributed by atoms with Gasteiger partial charge in [-0.05, 0) is 50.6 Å². The first-order valence-electron chi connectivity index (χ1n) is 8.27. The molecule has 0 heterocycles. The molecule has 0 unspecified atom stereocenters. The summed E-state index contributed by atoms with van der Waals surface area (Å²) in [5.41, 5.74) is 2.72. The third-order valence-corrected chi connectivity index (χ3v) is 4.07. The summed E-state index contributed by atoms with van der Waals surface area (Å²) < 4.78 is 4.89. The number of anilines is 3. The Morgan fingerprint density at radius 1 is 1.04 bits per heavy atom. The highest BCUT2D eigenvalue weighted by Gasteiger charge is 2.16. The second-order valence-electron chi connectivity index (χ2n) is 5.66. The van der Waals surface area contributed by atoms with Gasteiger partial charge in [-0.1, -0.05) is 29.8 Å². The molecule has 2 amide bonds. The van der Waals surface area contributed by atoms with Crippen molar-refractivity contribution in [3.05, 3.63) is 53.1 Å². The first kappa shape index (κ1) is 19.6. The van der Waals surface area contributed by atoms with Crippen LogP contribution in [0.1, 0.15) is 19.4 Å². The van der Waals surface area contributed by atoms with E-state index >= 15 is 0 Å². The van der Waals surface area contributed by atoms with E-state index in [0.29, 0.717) is 23.0 Å².